The van der Waals surface area contributed by atoms with E-state index < -0.39 is 4.92 Å². The molecule has 1 atom stereocenters. The van der Waals surface area contributed by atoms with E-state index in [0.717, 1.165) is 5.56 Å². The molecule has 0 aliphatic heterocycles. The van der Waals surface area contributed by atoms with Crippen LogP contribution in [-0.4, -0.2) is 12.0 Å². The molecule has 110 valence electrons. The molecule has 2 aromatic rings. The van der Waals surface area contributed by atoms with Crippen LogP contribution in [-0.2, 0) is 0 Å². The second-order valence-corrected chi connectivity index (χ2v) is 4.56. The van der Waals surface area contributed by atoms with Crippen LogP contribution in [0.2, 0.25) is 0 Å². The van der Waals surface area contributed by atoms with E-state index in [1.54, 1.807) is 18.2 Å². The number of hydrogen-bond acceptors (Lipinski definition) is 4. The minimum atomic E-state index is -0.501. The molecule has 0 fully saturated rings. The molecule has 0 bridgehead atoms. The lowest BCUT2D eigenvalue weighted by atomic mass is 10.1. The van der Waals surface area contributed by atoms with Crippen molar-refractivity contribution in [3.05, 3.63) is 64.0 Å². The van der Waals surface area contributed by atoms with E-state index in [4.69, 9.17) is 4.74 Å². The molecule has 0 aromatic heterocycles. The minimum Gasteiger partial charge on any atom is -0.490 e. The van der Waals surface area contributed by atoms with E-state index in [0.29, 0.717) is 5.69 Å². The predicted octanol–water partition coefficient (Wildman–Crippen LogP) is 3.92. The number of ether oxygens (including phenoxy) is 1. The van der Waals surface area contributed by atoms with Crippen molar-refractivity contribution < 1.29 is 14.1 Å². The standard InChI is InChI=1S/C15H15FN2O3/c1-10(11-4-3-5-12(16)8-11)17-13-6-7-14(18(19)20)15(9-13)21-2/h3-10,17H,1-2H3. The fourth-order valence-corrected chi connectivity index (χ4v) is 2.03. The van der Waals surface area contributed by atoms with Crippen molar-refractivity contribution >= 4 is 11.4 Å². The molecule has 0 amide bonds. The summed E-state index contributed by atoms with van der Waals surface area (Å²) < 4.78 is 18.2. The average molecular weight is 290 g/mol. The van der Waals surface area contributed by atoms with Gasteiger partial charge in [0.25, 0.3) is 0 Å². The average Bonchev–Trinajstić information content (AvgIpc) is 2.46. The Kier molecular flexibility index (Phi) is 4.37. The van der Waals surface area contributed by atoms with E-state index in [2.05, 4.69) is 5.32 Å². The second-order valence-electron chi connectivity index (χ2n) is 4.56. The van der Waals surface area contributed by atoms with Gasteiger partial charge in [-0.15, -0.1) is 0 Å². The van der Waals surface area contributed by atoms with Crippen molar-refractivity contribution in [1.82, 2.24) is 0 Å². The van der Waals surface area contributed by atoms with Gasteiger partial charge in [0.15, 0.2) is 5.75 Å². The molecule has 0 saturated carbocycles. The highest BCUT2D eigenvalue weighted by Gasteiger charge is 2.15. The normalized spacial score (nSPS) is 11.8. The zero-order chi connectivity index (χ0) is 15.4. The van der Waals surface area contributed by atoms with Crippen molar-refractivity contribution in [2.45, 2.75) is 13.0 Å². The van der Waals surface area contributed by atoms with E-state index in [-0.39, 0.29) is 23.3 Å². The highest BCUT2D eigenvalue weighted by atomic mass is 19.1. The molecule has 2 rings (SSSR count). The summed E-state index contributed by atoms with van der Waals surface area (Å²) in [6.07, 6.45) is 0. The summed E-state index contributed by atoms with van der Waals surface area (Å²) in [4.78, 5) is 10.3. The molecule has 5 nitrogen and oxygen atoms in total. The number of halogens is 1. The van der Waals surface area contributed by atoms with Gasteiger partial charge < -0.3 is 10.1 Å². The van der Waals surface area contributed by atoms with Crippen molar-refractivity contribution in [2.24, 2.45) is 0 Å². The molecule has 2 aromatic carbocycles. The molecule has 0 spiro atoms. The van der Waals surface area contributed by atoms with Crippen LogP contribution in [0.3, 0.4) is 0 Å². The molecule has 21 heavy (non-hydrogen) atoms. The Labute approximate surface area is 121 Å². The first-order chi connectivity index (χ1) is 10.0. The fraction of sp³-hybridized carbons (Fsp3) is 0.200. The SMILES string of the molecule is COc1cc(NC(C)c2cccc(F)c2)ccc1[N+](=O)[O-]. The number of nitrogens with one attached hydrogen (secondary N) is 1. The van der Waals surface area contributed by atoms with Gasteiger partial charge in [0.1, 0.15) is 5.82 Å². The van der Waals surface area contributed by atoms with Gasteiger partial charge in [-0.25, -0.2) is 4.39 Å². The molecule has 0 aliphatic rings. The summed E-state index contributed by atoms with van der Waals surface area (Å²) in [5.41, 5.74) is 1.35. The number of nitrogens with zero attached hydrogens (tertiary/aromatic N) is 1. The number of methoxy groups -OCH3 is 1. The number of nitro benzene ring substituents is 1. The number of benzene rings is 2. The van der Waals surface area contributed by atoms with Crippen molar-refractivity contribution in [3.8, 4) is 5.75 Å². The number of rotatable bonds is 5. The summed E-state index contributed by atoms with van der Waals surface area (Å²) in [6, 6.07) is 10.6. The summed E-state index contributed by atoms with van der Waals surface area (Å²) in [6.45, 7) is 1.88. The van der Waals surface area contributed by atoms with Gasteiger partial charge in [-0.05, 0) is 30.7 Å². The van der Waals surface area contributed by atoms with E-state index in [1.165, 1.54) is 25.3 Å². The Morgan fingerprint density at radius 2 is 2.05 bits per heavy atom. The van der Waals surface area contributed by atoms with Crippen LogP contribution in [0.1, 0.15) is 18.5 Å². The first-order valence-electron chi connectivity index (χ1n) is 6.35. The van der Waals surface area contributed by atoms with Gasteiger partial charge >= 0.3 is 5.69 Å². The van der Waals surface area contributed by atoms with E-state index >= 15 is 0 Å². The molecular weight excluding hydrogens is 275 g/mol. The highest BCUT2D eigenvalue weighted by molar-refractivity contribution is 5.58. The maximum absolute atomic E-state index is 13.2. The quantitative estimate of drug-likeness (QED) is 0.669. The summed E-state index contributed by atoms with van der Waals surface area (Å²) in [5.74, 6) is -0.126. The third-order valence-electron chi connectivity index (χ3n) is 3.11. The first kappa shape index (κ1) is 14.8. The predicted molar refractivity (Wildman–Crippen MR) is 78.1 cm³/mol. The molecule has 6 heteroatoms. The van der Waals surface area contributed by atoms with Gasteiger partial charge in [-0.1, -0.05) is 12.1 Å². The van der Waals surface area contributed by atoms with Gasteiger partial charge in [-0.3, -0.25) is 10.1 Å². The third kappa shape index (κ3) is 3.47. The van der Waals surface area contributed by atoms with Gasteiger partial charge in [0.05, 0.1) is 12.0 Å². The maximum Gasteiger partial charge on any atom is 0.311 e. The van der Waals surface area contributed by atoms with Crippen LogP contribution in [0.5, 0.6) is 5.75 Å². The smallest absolute Gasteiger partial charge is 0.311 e. The molecule has 1 unspecified atom stereocenters. The number of nitro groups is 1. The second kappa shape index (κ2) is 6.21. The summed E-state index contributed by atoms with van der Waals surface area (Å²) >= 11 is 0. The van der Waals surface area contributed by atoms with Crippen molar-refractivity contribution in [3.63, 3.8) is 0 Å². The Hall–Kier alpha value is -2.63. The third-order valence-corrected chi connectivity index (χ3v) is 3.11. The molecule has 0 radical (unpaired) electrons. The lowest BCUT2D eigenvalue weighted by molar-refractivity contribution is -0.385. The lowest BCUT2D eigenvalue weighted by Gasteiger charge is -2.16. The Morgan fingerprint density at radius 3 is 2.67 bits per heavy atom. The largest absolute Gasteiger partial charge is 0.490 e. The maximum atomic E-state index is 13.2. The Bertz CT molecular complexity index is 661. The van der Waals surface area contributed by atoms with E-state index in [9.17, 15) is 14.5 Å². The number of hydrogen-bond donors (Lipinski definition) is 1. The Morgan fingerprint density at radius 1 is 1.29 bits per heavy atom. The van der Waals surface area contributed by atoms with Crippen molar-refractivity contribution in [1.29, 1.82) is 0 Å². The van der Waals surface area contributed by atoms with Crippen LogP contribution < -0.4 is 10.1 Å². The molecule has 0 heterocycles. The highest BCUT2D eigenvalue weighted by Crippen LogP contribution is 2.31. The molecule has 0 saturated heterocycles. The topological polar surface area (TPSA) is 64.4 Å². The van der Waals surface area contributed by atoms with Crippen LogP contribution >= 0.6 is 0 Å². The van der Waals surface area contributed by atoms with Crippen LogP contribution in [0.4, 0.5) is 15.8 Å². The lowest BCUT2D eigenvalue weighted by Crippen LogP contribution is -2.07. The molecule has 0 aliphatic carbocycles. The number of anilines is 1. The van der Waals surface area contributed by atoms with Gasteiger partial charge in [0.2, 0.25) is 0 Å². The van der Waals surface area contributed by atoms with E-state index in [1.807, 2.05) is 13.0 Å². The Balaban J connectivity index is 2.21. The summed E-state index contributed by atoms with van der Waals surface area (Å²) in [7, 11) is 1.38. The summed E-state index contributed by atoms with van der Waals surface area (Å²) in [5, 5.41) is 14.0. The minimum absolute atomic E-state index is 0.0959. The van der Waals surface area contributed by atoms with Gasteiger partial charge in [0, 0.05) is 23.9 Å². The van der Waals surface area contributed by atoms with Crippen LogP contribution in [0, 0.1) is 15.9 Å². The first-order valence-corrected chi connectivity index (χ1v) is 6.35. The van der Waals surface area contributed by atoms with Crippen molar-refractivity contribution in [2.75, 3.05) is 12.4 Å². The monoisotopic (exact) mass is 290 g/mol. The van der Waals surface area contributed by atoms with Crippen LogP contribution in [0.25, 0.3) is 0 Å². The fourth-order valence-electron chi connectivity index (χ4n) is 2.03. The van der Waals surface area contributed by atoms with Gasteiger partial charge in [-0.2, -0.15) is 0 Å². The zero-order valence-corrected chi connectivity index (χ0v) is 11.7. The van der Waals surface area contributed by atoms with Crippen LogP contribution in [0.15, 0.2) is 42.5 Å². The zero-order valence-electron chi connectivity index (χ0n) is 11.7. The molecular formula is C15H15FN2O3. The molecule has 1 N–H and O–H groups in total.